The molecule has 0 aliphatic carbocycles. The van der Waals surface area contributed by atoms with Crippen LogP contribution in [0.3, 0.4) is 0 Å². The van der Waals surface area contributed by atoms with Gasteiger partial charge >= 0.3 is 6.09 Å². The van der Waals surface area contributed by atoms with Crippen molar-refractivity contribution < 1.29 is 14.3 Å². The van der Waals surface area contributed by atoms with E-state index in [1.807, 2.05) is 39.0 Å². The SMILES string of the molecule is COc1cc(Br)ccc1SNC1CCN(C(=O)OC(C)(C)C)CC1. The standard InChI is InChI=1S/C17H25BrN2O3S/c1-17(2,3)23-16(21)20-9-7-13(8-10-20)19-24-15-6-5-12(18)11-14(15)22-4/h5-6,11,13,19H,7-10H2,1-4H3. The summed E-state index contributed by atoms with van der Waals surface area (Å²) >= 11 is 5.02. The maximum atomic E-state index is 12.1. The number of nitrogens with zero attached hydrogens (tertiary/aromatic N) is 1. The molecular weight excluding hydrogens is 392 g/mol. The molecule has 1 heterocycles. The Kier molecular flexibility index (Phi) is 6.83. The van der Waals surface area contributed by atoms with Gasteiger partial charge in [-0.1, -0.05) is 15.9 Å². The molecule has 0 unspecified atom stereocenters. The predicted molar refractivity (Wildman–Crippen MR) is 101 cm³/mol. The zero-order chi connectivity index (χ0) is 17.7. The highest BCUT2D eigenvalue weighted by molar-refractivity contribution is 9.10. The van der Waals surface area contributed by atoms with Gasteiger partial charge in [-0.3, -0.25) is 4.72 Å². The molecule has 0 aromatic heterocycles. The Bertz CT molecular complexity index is 569. The van der Waals surface area contributed by atoms with Crippen molar-refractivity contribution in [1.82, 2.24) is 9.62 Å². The molecule has 1 amide bonds. The molecule has 1 aliphatic heterocycles. The maximum Gasteiger partial charge on any atom is 0.410 e. The van der Waals surface area contributed by atoms with E-state index in [0.29, 0.717) is 19.1 Å². The molecule has 0 spiro atoms. The number of hydrogen-bond donors (Lipinski definition) is 1. The Labute approximate surface area is 156 Å². The van der Waals surface area contributed by atoms with Gasteiger partial charge < -0.3 is 14.4 Å². The van der Waals surface area contributed by atoms with Crippen LogP contribution >= 0.6 is 27.9 Å². The lowest BCUT2D eigenvalue weighted by molar-refractivity contribution is 0.0204. The fourth-order valence-corrected chi connectivity index (χ4v) is 3.63. The van der Waals surface area contributed by atoms with Gasteiger partial charge in [0.15, 0.2) is 0 Å². The van der Waals surface area contributed by atoms with Crippen molar-refractivity contribution in [1.29, 1.82) is 0 Å². The molecule has 1 fully saturated rings. The van der Waals surface area contributed by atoms with E-state index in [1.54, 1.807) is 24.0 Å². The monoisotopic (exact) mass is 416 g/mol. The van der Waals surface area contributed by atoms with Crippen LogP contribution in [0.4, 0.5) is 4.79 Å². The van der Waals surface area contributed by atoms with Crippen molar-refractivity contribution in [3.8, 4) is 5.75 Å². The minimum absolute atomic E-state index is 0.219. The van der Waals surface area contributed by atoms with E-state index in [1.165, 1.54) is 0 Å². The van der Waals surface area contributed by atoms with Crippen LogP contribution in [0.5, 0.6) is 5.75 Å². The van der Waals surface area contributed by atoms with Crippen molar-refractivity contribution in [2.24, 2.45) is 0 Å². The van der Waals surface area contributed by atoms with Crippen molar-refractivity contribution in [2.45, 2.75) is 50.2 Å². The highest BCUT2D eigenvalue weighted by Gasteiger charge is 2.26. The molecule has 1 aliphatic rings. The Morgan fingerprint density at radius 1 is 1.33 bits per heavy atom. The minimum Gasteiger partial charge on any atom is -0.495 e. The molecule has 24 heavy (non-hydrogen) atoms. The maximum absolute atomic E-state index is 12.1. The first-order valence-corrected chi connectivity index (χ1v) is 9.63. The van der Waals surface area contributed by atoms with Crippen molar-refractivity contribution in [3.63, 3.8) is 0 Å². The number of nitrogens with one attached hydrogen (secondary N) is 1. The summed E-state index contributed by atoms with van der Waals surface area (Å²) < 4.78 is 15.3. The number of halogens is 1. The lowest BCUT2D eigenvalue weighted by Gasteiger charge is -2.33. The average Bonchev–Trinajstić information content (AvgIpc) is 2.52. The van der Waals surface area contributed by atoms with Gasteiger partial charge in [0, 0.05) is 23.6 Å². The van der Waals surface area contributed by atoms with Crippen LogP contribution in [-0.4, -0.2) is 42.8 Å². The summed E-state index contributed by atoms with van der Waals surface area (Å²) in [7, 11) is 1.67. The zero-order valence-electron chi connectivity index (χ0n) is 14.6. The molecule has 0 radical (unpaired) electrons. The van der Waals surface area contributed by atoms with E-state index >= 15 is 0 Å². The van der Waals surface area contributed by atoms with E-state index in [-0.39, 0.29) is 6.09 Å². The third-order valence-electron chi connectivity index (χ3n) is 3.61. The van der Waals surface area contributed by atoms with E-state index in [2.05, 4.69) is 20.7 Å². The van der Waals surface area contributed by atoms with Gasteiger partial charge in [-0.05, 0) is 63.8 Å². The molecule has 0 saturated carbocycles. The fourth-order valence-electron chi connectivity index (χ4n) is 2.38. The normalized spacial score (nSPS) is 16.1. The lowest BCUT2D eigenvalue weighted by Crippen LogP contribution is -2.45. The summed E-state index contributed by atoms with van der Waals surface area (Å²) in [6.07, 6.45) is 1.60. The molecule has 7 heteroatoms. The number of likely N-dealkylation sites (tertiary alicyclic amines) is 1. The zero-order valence-corrected chi connectivity index (χ0v) is 17.0. The summed E-state index contributed by atoms with van der Waals surface area (Å²) in [5.74, 6) is 0.841. The molecule has 134 valence electrons. The van der Waals surface area contributed by atoms with E-state index in [0.717, 1.165) is 28.0 Å². The number of piperidine rings is 1. The quantitative estimate of drug-likeness (QED) is 0.734. The Morgan fingerprint density at radius 2 is 2.00 bits per heavy atom. The Balaban J connectivity index is 1.80. The van der Waals surface area contributed by atoms with Gasteiger partial charge in [0.1, 0.15) is 11.4 Å². The highest BCUT2D eigenvalue weighted by Crippen LogP contribution is 2.31. The second-order valence-electron chi connectivity index (χ2n) is 6.76. The molecule has 1 aromatic carbocycles. The molecule has 1 saturated heterocycles. The van der Waals surface area contributed by atoms with Crippen molar-refractivity contribution in [2.75, 3.05) is 20.2 Å². The number of hydrogen-bond acceptors (Lipinski definition) is 5. The van der Waals surface area contributed by atoms with Crippen LogP contribution in [-0.2, 0) is 4.74 Å². The van der Waals surface area contributed by atoms with Crippen LogP contribution in [0, 0.1) is 0 Å². The van der Waals surface area contributed by atoms with Crippen LogP contribution in [0.15, 0.2) is 27.6 Å². The first-order valence-electron chi connectivity index (χ1n) is 8.02. The number of carbonyl (C=O) groups is 1. The first kappa shape index (κ1) is 19.4. The van der Waals surface area contributed by atoms with Gasteiger partial charge in [-0.15, -0.1) is 0 Å². The molecular formula is C17H25BrN2O3S. The van der Waals surface area contributed by atoms with Gasteiger partial charge in [-0.25, -0.2) is 4.79 Å². The smallest absolute Gasteiger partial charge is 0.410 e. The molecule has 1 aromatic rings. The second kappa shape index (κ2) is 8.45. The third kappa shape index (κ3) is 5.86. The topological polar surface area (TPSA) is 50.8 Å². The van der Waals surface area contributed by atoms with Crippen LogP contribution in [0.25, 0.3) is 0 Å². The number of amides is 1. The summed E-state index contributed by atoms with van der Waals surface area (Å²) in [6.45, 7) is 7.10. The number of methoxy groups -OCH3 is 1. The van der Waals surface area contributed by atoms with Crippen LogP contribution in [0.2, 0.25) is 0 Å². The number of benzene rings is 1. The molecule has 1 N–H and O–H groups in total. The highest BCUT2D eigenvalue weighted by atomic mass is 79.9. The van der Waals surface area contributed by atoms with E-state index < -0.39 is 5.60 Å². The third-order valence-corrected chi connectivity index (χ3v) is 5.11. The molecule has 0 atom stereocenters. The van der Waals surface area contributed by atoms with Gasteiger partial charge in [0.05, 0.1) is 12.0 Å². The van der Waals surface area contributed by atoms with Crippen molar-refractivity contribution >= 4 is 34.0 Å². The fraction of sp³-hybridized carbons (Fsp3) is 0.588. The minimum atomic E-state index is -0.444. The van der Waals surface area contributed by atoms with Gasteiger partial charge in [0.2, 0.25) is 0 Å². The Morgan fingerprint density at radius 3 is 2.58 bits per heavy atom. The first-order chi connectivity index (χ1) is 11.3. The van der Waals surface area contributed by atoms with Crippen molar-refractivity contribution in [3.05, 3.63) is 22.7 Å². The molecule has 2 rings (SSSR count). The lowest BCUT2D eigenvalue weighted by atomic mass is 10.1. The van der Waals surface area contributed by atoms with E-state index in [4.69, 9.17) is 9.47 Å². The Hall–Kier alpha value is -0.920. The summed E-state index contributed by atoms with van der Waals surface area (Å²) in [5, 5.41) is 0. The predicted octanol–water partition coefficient (Wildman–Crippen LogP) is 4.45. The molecule has 0 bridgehead atoms. The number of rotatable bonds is 4. The summed E-state index contributed by atoms with van der Waals surface area (Å²) in [5.41, 5.74) is -0.444. The van der Waals surface area contributed by atoms with Gasteiger partial charge in [-0.2, -0.15) is 0 Å². The summed E-state index contributed by atoms with van der Waals surface area (Å²) in [4.78, 5) is 14.9. The average molecular weight is 417 g/mol. The van der Waals surface area contributed by atoms with Gasteiger partial charge in [0.25, 0.3) is 0 Å². The van der Waals surface area contributed by atoms with E-state index in [9.17, 15) is 4.79 Å². The van der Waals surface area contributed by atoms with Crippen LogP contribution < -0.4 is 9.46 Å². The van der Waals surface area contributed by atoms with Crippen LogP contribution in [0.1, 0.15) is 33.6 Å². The molecule has 5 nitrogen and oxygen atoms in total. The second-order valence-corrected chi connectivity index (χ2v) is 8.55. The number of carbonyl (C=O) groups excluding carboxylic acids is 1. The number of ether oxygens (including phenoxy) is 2. The largest absolute Gasteiger partial charge is 0.495 e. The summed E-state index contributed by atoms with van der Waals surface area (Å²) in [6, 6.07) is 6.34.